The number of aliphatic hydroxyl groups is 1. The third-order valence-electron chi connectivity index (χ3n) is 3.65. The second-order valence-electron chi connectivity index (χ2n) is 6.28. The maximum absolute atomic E-state index is 9.54. The van der Waals surface area contributed by atoms with Gasteiger partial charge < -0.3 is 5.11 Å². The molecule has 0 spiro atoms. The van der Waals surface area contributed by atoms with E-state index in [1.165, 1.54) is 44.9 Å². The van der Waals surface area contributed by atoms with Crippen molar-refractivity contribution in [3.63, 3.8) is 0 Å². The van der Waals surface area contributed by atoms with Gasteiger partial charge in [0.2, 0.25) is 0 Å². The molecule has 0 saturated heterocycles. The summed E-state index contributed by atoms with van der Waals surface area (Å²) in [5.41, 5.74) is 0.700. The van der Waals surface area contributed by atoms with E-state index in [4.69, 9.17) is 0 Å². The van der Waals surface area contributed by atoms with Crippen molar-refractivity contribution in [1.29, 1.82) is 0 Å². The summed E-state index contributed by atoms with van der Waals surface area (Å²) < 4.78 is 0. The van der Waals surface area contributed by atoms with Gasteiger partial charge in [-0.05, 0) is 36.5 Å². The Balaban J connectivity index is 2.44. The molecule has 1 rings (SSSR count). The molecule has 0 radical (unpaired) electrons. The van der Waals surface area contributed by atoms with Crippen molar-refractivity contribution >= 4 is 0 Å². The molecule has 1 fully saturated rings. The lowest BCUT2D eigenvalue weighted by Gasteiger charge is -2.37. The van der Waals surface area contributed by atoms with Crippen LogP contribution in [0.3, 0.4) is 0 Å². The highest BCUT2D eigenvalue weighted by molar-refractivity contribution is 4.83. The molecule has 0 heterocycles. The van der Waals surface area contributed by atoms with Crippen LogP contribution in [0.1, 0.15) is 65.7 Å². The molecule has 0 aromatic rings. The summed E-state index contributed by atoms with van der Waals surface area (Å²) in [5, 5.41) is 9.54. The molecule has 0 aromatic carbocycles. The molecule has 84 valence electrons. The summed E-state index contributed by atoms with van der Waals surface area (Å²) in [7, 11) is 0. The van der Waals surface area contributed by atoms with E-state index in [1.54, 1.807) is 0 Å². The van der Waals surface area contributed by atoms with Crippen molar-refractivity contribution in [3.8, 4) is 0 Å². The molecule has 1 N–H and O–H groups in total. The summed E-state index contributed by atoms with van der Waals surface area (Å²) in [6, 6.07) is 0. The maximum Gasteiger partial charge on any atom is 0.0487 e. The van der Waals surface area contributed by atoms with E-state index in [0.29, 0.717) is 12.0 Å². The fourth-order valence-electron chi connectivity index (χ4n) is 2.43. The summed E-state index contributed by atoms with van der Waals surface area (Å²) >= 11 is 0. The zero-order valence-electron chi connectivity index (χ0n) is 10.1. The number of hydrogen-bond acceptors (Lipinski definition) is 1. The van der Waals surface area contributed by atoms with Crippen molar-refractivity contribution < 1.29 is 5.11 Å². The Morgan fingerprint density at radius 1 is 1.07 bits per heavy atom. The van der Waals surface area contributed by atoms with Gasteiger partial charge in [0.1, 0.15) is 0 Å². The summed E-state index contributed by atoms with van der Waals surface area (Å²) in [6.07, 6.45) is 8.98. The molecular weight excluding hydrogens is 172 g/mol. The highest BCUT2D eigenvalue weighted by Crippen LogP contribution is 2.42. The first-order chi connectivity index (χ1) is 6.47. The molecule has 0 bridgehead atoms. The average Bonchev–Trinajstić information content (AvgIpc) is 2.15. The van der Waals surface area contributed by atoms with Crippen molar-refractivity contribution in [2.75, 3.05) is 6.61 Å². The van der Waals surface area contributed by atoms with Crippen LogP contribution in [0.5, 0.6) is 0 Å². The van der Waals surface area contributed by atoms with Crippen LogP contribution in [-0.4, -0.2) is 11.7 Å². The predicted molar refractivity (Wildman–Crippen MR) is 61.3 cm³/mol. The van der Waals surface area contributed by atoms with Gasteiger partial charge in [0.05, 0.1) is 0 Å². The van der Waals surface area contributed by atoms with Crippen LogP contribution in [0, 0.1) is 10.8 Å². The standard InChI is InChI=1S/C13H26O/c1-12(2,3)9-10-13(11-14)7-5-4-6-8-13/h14H,4-11H2,1-3H3. The number of aliphatic hydroxyl groups excluding tert-OH is 1. The second-order valence-corrected chi connectivity index (χ2v) is 6.28. The van der Waals surface area contributed by atoms with Gasteiger partial charge in [0, 0.05) is 6.61 Å². The molecule has 1 saturated carbocycles. The largest absolute Gasteiger partial charge is 0.396 e. The monoisotopic (exact) mass is 198 g/mol. The molecular formula is C13H26O. The first-order valence-electron chi connectivity index (χ1n) is 6.08. The molecule has 0 atom stereocenters. The van der Waals surface area contributed by atoms with Crippen molar-refractivity contribution in [2.24, 2.45) is 10.8 Å². The Kier molecular flexibility index (Phi) is 4.00. The third-order valence-corrected chi connectivity index (χ3v) is 3.65. The lowest BCUT2D eigenvalue weighted by Crippen LogP contribution is -2.29. The minimum absolute atomic E-state index is 0.283. The molecule has 1 nitrogen and oxygen atoms in total. The topological polar surface area (TPSA) is 20.2 Å². The van der Waals surface area contributed by atoms with Gasteiger partial charge in [-0.2, -0.15) is 0 Å². The third kappa shape index (κ3) is 3.61. The quantitative estimate of drug-likeness (QED) is 0.732. The second kappa shape index (κ2) is 4.65. The predicted octanol–water partition coefficient (Wildman–Crippen LogP) is 3.76. The Hall–Kier alpha value is -0.0400. The Morgan fingerprint density at radius 2 is 1.64 bits per heavy atom. The fourth-order valence-corrected chi connectivity index (χ4v) is 2.43. The van der Waals surface area contributed by atoms with Crippen LogP contribution >= 0.6 is 0 Å². The van der Waals surface area contributed by atoms with Gasteiger partial charge in [-0.15, -0.1) is 0 Å². The minimum Gasteiger partial charge on any atom is -0.396 e. The first kappa shape index (κ1) is 12.0. The SMILES string of the molecule is CC(C)(C)CCC1(CO)CCCCC1. The van der Waals surface area contributed by atoms with Gasteiger partial charge in [-0.1, -0.05) is 40.0 Å². The van der Waals surface area contributed by atoms with Gasteiger partial charge in [-0.3, -0.25) is 0 Å². The number of rotatable bonds is 3. The van der Waals surface area contributed by atoms with Gasteiger partial charge >= 0.3 is 0 Å². The maximum atomic E-state index is 9.54. The smallest absolute Gasteiger partial charge is 0.0487 e. The van der Waals surface area contributed by atoms with Crippen molar-refractivity contribution in [1.82, 2.24) is 0 Å². The van der Waals surface area contributed by atoms with Gasteiger partial charge in [-0.25, -0.2) is 0 Å². The highest BCUT2D eigenvalue weighted by atomic mass is 16.3. The van der Waals surface area contributed by atoms with Crippen molar-refractivity contribution in [2.45, 2.75) is 65.7 Å². The highest BCUT2D eigenvalue weighted by Gasteiger charge is 2.32. The van der Waals surface area contributed by atoms with Crippen molar-refractivity contribution in [3.05, 3.63) is 0 Å². The summed E-state index contributed by atoms with van der Waals surface area (Å²) in [4.78, 5) is 0. The van der Waals surface area contributed by atoms with E-state index in [0.717, 1.165) is 0 Å². The molecule has 14 heavy (non-hydrogen) atoms. The molecule has 0 aromatic heterocycles. The first-order valence-corrected chi connectivity index (χ1v) is 6.08. The van der Waals surface area contributed by atoms with E-state index < -0.39 is 0 Å². The van der Waals surface area contributed by atoms with Crippen LogP contribution < -0.4 is 0 Å². The van der Waals surface area contributed by atoms with Crippen LogP contribution in [-0.2, 0) is 0 Å². The Morgan fingerprint density at radius 3 is 2.07 bits per heavy atom. The molecule has 0 amide bonds. The zero-order chi connectivity index (χ0) is 10.7. The molecule has 1 aliphatic carbocycles. The minimum atomic E-state index is 0.283. The lowest BCUT2D eigenvalue weighted by molar-refractivity contribution is 0.0617. The van der Waals surface area contributed by atoms with Gasteiger partial charge in [0.25, 0.3) is 0 Å². The molecule has 0 unspecified atom stereocenters. The van der Waals surface area contributed by atoms with Gasteiger partial charge in [0.15, 0.2) is 0 Å². The Bertz CT molecular complexity index is 161. The van der Waals surface area contributed by atoms with E-state index in [9.17, 15) is 5.11 Å². The zero-order valence-corrected chi connectivity index (χ0v) is 10.1. The summed E-state index contributed by atoms with van der Waals surface area (Å²) in [5.74, 6) is 0. The summed E-state index contributed by atoms with van der Waals surface area (Å²) in [6.45, 7) is 7.28. The molecule has 1 aliphatic rings. The normalized spacial score (nSPS) is 22.3. The fraction of sp³-hybridized carbons (Fsp3) is 1.00. The van der Waals surface area contributed by atoms with E-state index >= 15 is 0 Å². The molecule has 1 heteroatoms. The van der Waals surface area contributed by atoms with E-state index in [-0.39, 0.29) is 5.41 Å². The number of hydrogen-bond donors (Lipinski definition) is 1. The Labute approximate surface area is 88.9 Å². The van der Waals surface area contributed by atoms with Crippen LogP contribution in [0.2, 0.25) is 0 Å². The lowest BCUT2D eigenvalue weighted by atomic mass is 9.69. The van der Waals surface area contributed by atoms with Crippen LogP contribution in [0.15, 0.2) is 0 Å². The molecule has 0 aliphatic heterocycles. The average molecular weight is 198 g/mol. The van der Waals surface area contributed by atoms with E-state index in [2.05, 4.69) is 20.8 Å². The van der Waals surface area contributed by atoms with Crippen LogP contribution in [0.25, 0.3) is 0 Å². The van der Waals surface area contributed by atoms with E-state index in [1.807, 2.05) is 0 Å². The van der Waals surface area contributed by atoms with Crippen LogP contribution in [0.4, 0.5) is 0 Å².